The van der Waals surface area contributed by atoms with Crippen LogP contribution in [0.15, 0.2) is 18.2 Å². The highest BCUT2D eigenvalue weighted by molar-refractivity contribution is 5.98. The number of hydrogen-bond donors (Lipinski definition) is 1. The van der Waals surface area contributed by atoms with Gasteiger partial charge in [-0.15, -0.1) is 0 Å². The molecule has 0 radical (unpaired) electrons. The number of anilines is 1. The van der Waals surface area contributed by atoms with Crippen LogP contribution in [-0.4, -0.2) is 42.7 Å². The van der Waals surface area contributed by atoms with Gasteiger partial charge in [0.1, 0.15) is 0 Å². The zero-order valence-electron chi connectivity index (χ0n) is 12.3. The molecule has 1 aromatic carbocycles. The van der Waals surface area contributed by atoms with Crippen LogP contribution in [0, 0.1) is 0 Å². The van der Waals surface area contributed by atoms with Gasteiger partial charge >= 0.3 is 0 Å². The number of nitrogen functional groups attached to an aromatic ring is 1. The molecule has 2 N–H and O–H groups in total. The molecule has 1 saturated heterocycles. The van der Waals surface area contributed by atoms with Crippen molar-refractivity contribution >= 4 is 11.6 Å². The van der Waals surface area contributed by atoms with Gasteiger partial charge in [-0.1, -0.05) is 6.07 Å². The Hall–Kier alpha value is -1.75. The third-order valence-corrected chi connectivity index (χ3v) is 3.27. The van der Waals surface area contributed by atoms with Crippen molar-refractivity contribution in [1.82, 2.24) is 4.90 Å². The van der Waals surface area contributed by atoms with E-state index in [9.17, 15) is 4.79 Å². The number of ether oxygens (including phenoxy) is 2. The Morgan fingerprint density at radius 3 is 2.65 bits per heavy atom. The normalized spacial score (nSPS) is 22.6. The van der Waals surface area contributed by atoms with Gasteiger partial charge in [0.05, 0.1) is 30.1 Å². The molecular weight excluding hydrogens is 256 g/mol. The Kier molecular flexibility index (Phi) is 4.49. The Morgan fingerprint density at radius 1 is 1.40 bits per heavy atom. The molecule has 2 rings (SSSR count). The number of carbonyl (C=O) groups is 1. The average molecular weight is 278 g/mol. The second kappa shape index (κ2) is 6.13. The zero-order valence-corrected chi connectivity index (χ0v) is 12.3. The summed E-state index contributed by atoms with van der Waals surface area (Å²) in [6.45, 7) is 7.47. The van der Waals surface area contributed by atoms with Gasteiger partial charge in [-0.05, 0) is 32.9 Å². The molecule has 2 atom stereocenters. The van der Waals surface area contributed by atoms with E-state index in [-0.39, 0.29) is 18.1 Å². The van der Waals surface area contributed by atoms with E-state index in [1.165, 1.54) is 0 Å². The smallest absolute Gasteiger partial charge is 0.257 e. The van der Waals surface area contributed by atoms with E-state index in [4.69, 9.17) is 15.2 Å². The summed E-state index contributed by atoms with van der Waals surface area (Å²) in [5, 5.41) is 0. The number of hydrogen-bond acceptors (Lipinski definition) is 4. The number of carbonyl (C=O) groups excluding carboxylic acids is 1. The number of benzene rings is 1. The molecule has 0 spiro atoms. The van der Waals surface area contributed by atoms with Crippen molar-refractivity contribution in [3.05, 3.63) is 23.8 Å². The SMILES string of the molecule is CCOc1c(N)cccc1C(=O)N1C[C@@H](C)O[C@@H](C)C1. The summed E-state index contributed by atoms with van der Waals surface area (Å²) in [6, 6.07) is 5.28. The van der Waals surface area contributed by atoms with Crippen LogP contribution in [0.2, 0.25) is 0 Å². The van der Waals surface area contributed by atoms with Crippen molar-refractivity contribution in [3.63, 3.8) is 0 Å². The molecule has 1 fully saturated rings. The number of nitrogens with two attached hydrogens (primary N) is 1. The number of amides is 1. The molecule has 0 unspecified atom stereocenters. The molecule has 0 aromatic heterocycles. The molecule has 1 aromatic rings. The Morgan fingerprint density at radius 2 is 2.05 bits per heavy atom. The minimum Gasteiger partial charge on any atom is -0.491 e. The first-order chi connectivity index (χ1) is 9.52. The van der Waals surface area contributed by atoms with Gasteiger partial charge in [-0.25, -0.2) is 0 Å². The average Bonchev–Trinajstić information content (AvgIpc) is 2.39. The first-order valence-corrected chi connectivity index (χ1v) is 6.99. The third kappa shape index (κ3) is 3.04. The molecule has 5 heteroatoms. The summed E-state index contributed by atoms with van der Waals surface area (Å²) >= 11 is 0. The molecule has 1 aliphatic rings. The Balaban J connectivity index is 2.26. The van der Waals surface area contributed by atoms with Gasteiger partial charge in [0.2, 0.25) is 0 Å². The predicted molar refractivity (Wildman–Crippen MR) is 77.9 cm³/mol. The van der Waals surface area contributed by atoms with E-state index in [0.717, 1.165) is 0 Å². The quantitative estimate of drug-likeness (QED) is 0.858. The van der Waals surface area contributed by atoms with Gasteiger partial charge in [-0.3, -0.25) is 4.79 Å². The summed E-state index contributed by atoms with van der Waals surface area (Å²) in [5.74, 6) is 0.426. The summed E-state index contributed by atoms with van der Waals surface area (Å²) in [5.41, 5.74) is 6.92. The summed E-state index contributed by atoms with van der Waals surface area (Å²) < 4.78 is 11.2. The van der Waals surface area contributed by atoms with Gasteiger partial charge in [0.15, 0.2) is 5.75 Å². The monoisotopic (exact) mass is 278 g/mol. The molecule has 20 heavy (non-hydrogen) atoms. The number of para-hydroxylation sites is 1. The summed E-state index contributed by atoms with van der Waals surface area (Å²) in [6.07, 6.45) is 0.0820. The third-order valence-electron chi connectivity index (χ3n) is 3.27. The number of rotatable bonds is 3. The molecule has 1 amide bonds. The van der Waals surface area contributed by atoms with Crippen molar-refractivity contribution in [2.24, 2.45) is 0 Å². The van der Waals surface area contributed by atoms with Crippen LogP contribution in [0.25, 0.3) is 0 Å². The van der Waals surface area contributed by atoms with E-state index < -0.39 is 0 Å². The van der Waals surface area contributed by atoms with Gasteiger partial charge in [0, 0.05) is 13.1 Å². The van der Waals surface area contributed by atoms with E-state index in [2.05, 4.69) is 0 Å². The highest BCUT2D eigenvalue weighted by atomic mass is 16.5. The van der Waals surface area contributed by atoms with Crippen molar-refractivity contribution in [2.45, 2.75) is 33.0 Å². The second-order valence-electron chi connectivity index (χ2n) is 5.12. The Labute approximate surface area is 119 Å². The fraction of sp³-hybridized carbons (Fsp3) is 0.533. The van der Waals surface area contributed by atoms with Crippen LogP contribution in [0.3, 0.4) is 0 Å². The first kappa shape index (κ1) is 14.7. The topological polar surface area (TPSA) is 64.8 Å². The minimum absolute atomic E-state index is 0.0410. The van der Waals surface area contributed by atoms with Crippen LogP contribution >= 0.6 is 0 Å². The first-order valence-electron chi connectivity index (χ1n) is 6.99. The van der Waals surface area contributed by atoms with Gasteiger partial charge in [0.25, 0.3) is 5.91 Å². The minimum atomic E-state index is -0.0530. The molecule has 1 aliphatic heterocycles. The highest BCUT2D eigenvalue weighted by Crippen LogP contribution is 2.28. The largest absolute Gasteiger partial charge is 0.491 e. The van der Waals surface area contributed by atoms with E-state index >= 15 is 0 Å². The van der Waals surface area contributed by atoms with Crippen LogP contribution in [0.4, 0.5) is 5.69 Å². The van der Waals surface area contributed by atoms with Crippen LogP contribution in [-0.2, 0) is 4.74 Å². The Bertz CT molecular complexity index is 480. The highest BCUT2D eigenvalue weighted by Gasteiger charge is 2.28. The lowest BCUT2D eigenvalue weighted by Gasteiger charge is -2.35. The molecule has 0 bridgehead atoms. The fourth-order valence-electron chi connectivity index (χ4n) is 2.54. The second-order valence-corrected chi connectivity index (χ2v) is 5.12. The van der Waals surface area contributed by atoms with E-state index in [1.807, 2.05) is 20.8 Å². The number of nitrogens with zero attached hydrogens (tertiary/aromatic N) is 1. The van der Waals surface area contributed by atoms with Crippen molar-refractivity contribution in [3.8, 4) is 5.75 Å². The lowest BCUT2D eigenvalue weighted by Crippen LogP contribution is -2.48. The van der Waals surface area contributed by atoms with Crippen LogP contribution in [0.5, 0.6) is 5.75 Å². The molecule has 0 saturated carbocycles. The van der Waals surface area contributed by atoms with Crippen LogP contribution in [0.1, 0.15) is 31.1 Å². The maximum atomic E-state index is 12.7. The standard InChI is InChI=1S/C15H22N2O3/c1-4-19-14-12(6-5-7-13(14)16)15(18)17-8-10(2)20-11(3)9-17/h5-7,10-11H,4,8-9,16H2,1-3H3/t10-,11+. The van der Waals surface area contributed by atoms with Gasteiger partial charge in [-0.2, -0.15) is 0 Å². The molecule has 1 heterocycles. The lowest BCUT2D eigenvalue weighted by molar-refractivity contribution is -0.0586. The van der Waals surface area contributed by atoms with Crippen molar-refractivity contribution in [2.75, 3.05) is 25.4 Å². The predicted octanol–water partition coefficient (Wildman–Crippen LogP) is 1.92. The fourth-order valence-corrected chi connectivity index (χ4v) is 2.54. The number of morpholine rings is 1. The molecule has 5 nitrogen and oxygen atoms in total. The van der Waals surface area contributed by atoms with Crippen molar-refractivity contribution < 1.29 is 14.3 Å². The molecule has 0 aliphatic carbocycles. The van der Waals surface area contributed by atoms with Crippen molar-refractivity contribution in [1.29, 1.82) is 0 Å². The zero-order chi connectivity index (χ0) is 14.7. The van der Waals surface area contributed by atoms with E-state index in [0.29, 0.717) is 36.7 Å². The van der Waals surface area contributed by atoms with Crippen LogP contribution < -0.4 is 10.5 Å². The molecular formula is C15H22N2O3. The maximum absolute atomic E-state index is 12.7. The summed E-state index contributed by atoms with van der Waals surface area (Å²) in [4.78, 5) is 14.5. The van der Waals surface area contributed by atoms with Gasteiger partial charge < -0.3 is 20.1 Å². The van der Waals surface area contributed by atoms with E-state index in [1.54, 1.807) is 23.1 Å². The molecule has 110 valence electrons. The lowest BCUT2D eigenvalue weighted by atomic mass is 10.1. The summed E-state index contributed by atoms with van der Waals surface area (Å²) in [7, 11) is 0. The maximum Gasteiger partial charge on any atom is 0.257 e.